The number of carbonyl (C=O) groups is 1. The molecule has 0 amide bonds. The zero-order valence-electron chi connectivity index (χ0n) is 11.6. The van der Waals surface area contributed by atoms with Crippen LogP contribution < -0.4 is 0 Å². The average Bonchev–Trinajstić information content (AvgIpc) is 2.89. The monoisotopic (exact) mass is 313 g/mol. The number of carboxylic acid groups (broad SMARTS) is 1. The molecule has 0 aliphatic carbocycles. The molecule has 1 aromatic carbocycles. The Balaban J connectivity index is 2.02. The fraction of sp³-hybridized carbons (Fsp3) is 0.500. The van der Waals surface area contributed by atoms with E-state index in [0.29, 0.717) is 25.1 Å². The van der Waals surface area contributed by atoms with Gasteiger partial charge in [-0.15, -0.1) is 0 Å². The van der Waals surface area contributed by atoms with Crippen molar-refractivity contribution in [2.45, 2.75) is 18.6 Å². The lowest BCUT2D eigenvalue weighted by molar-refractivity contribution is 0.0697. The van der Waals surface area contributed by atoms with E-state index in [0.717, 1.165) is 6.42 Å². The molecule has 7 heteroatoms. The first-order chi connectivity index (χ1) is 9.92. The van der Waals surface area contributed by atoms with Gasteiger partial charge in [0.15, 0.2) is 0 Å². The van der Waals surface area contributed by atoms with Gasteiger partial charge < -0.3 is 10.2 Å². The fourth-order valence-corrected chi connectivity index (χ4v) is 4.13. The van der Waals surface area contributed by atoms with Gasteiger partial charge in [-0.05, 0) is 36.5 Å². The second-order valence-electron chi connectivity index (χ2n) is 5.28. The molecule has 2 N–H and O–H groups in total. The van der Waals surface area contributed by atoms with Gasteiger partial charge >= 0.3 is 5.97 Å². The number of sulfonamides is 1. The van der Waals surface area contributed by atoms with E-state index < -0.39 is 16.0 Å². The van der Waals surface area contributed by atoms with Crippen molar-refractivity contribution in [3.8, 4) is 0 Å². The minimum Gasteiger partial charge on any atom is -0.478 e. The Labute approximate surface area is 124 Å². The number of aliphatic hydroxyl groups excluding tert-OH is 1. The molecule has 21 heavy (non-hydrogen) atoms. The predicted molar refractivity (Wildman–Crippen MR) is 77.4 cm³/mol. The van der Waals surface area contributed by atoms with Crippen molar-refractivity contribution in [3.63, 3.8) is 0 Å². The molecule has 0 spiro atoms. The lowest BCUT2D eigenvalue weighted by Gasteiger charge is -2.16. The number of aliphatic hydroxyl groups is 1. The van der Waals surface area contributed by atoms with Crippen LogP contribution in [-0.2, 0) is 15.8 Å². The summed E-state index contributed by atoms with van der Waals surface area (Å²) in [7, 11) is -3.39. The quantitative estimate of drug-likeness (QED) is 0.814. The molecule has 1 aliphatic rings. The molecular weight excluding hydrogens is 294 g/mol. The molecule has 1 heterocycles. The maximum atomic E-state index is 12.3. The van der Waals surface area contributed by atoms with Crippen LogP contribution in [0, 0.1) is 5.92 Å². The van der Waals surface area contributed by atoms with Crippen molar-refractivity contribution >= 4 is 16.0 Å². The zero-order valence-corrected chi connectivity index (χ0v) is 12.4. The van der Waals surface area contributed by atoms with Crippen LogP contribution in [0.4, 0.5) is 0 Å². The van der Waals surface area contributed by atoms with Gasteiger partial charge in [0.1, 0.15) is 0 Å². The van der Waals surface area contributed by atoms with Gasteiger partial charge in [0.05, 0.1) is 11.3 Å². The summed E-state index contributed by atoms with van der Waals surface area (Å²) in [6, 6.07) is 5.88. The molecule has 0 saturated carbocycles. The van der Waals surface area contributed by atoms with Crippen molar-refractivity contribution in [1.29, 1.82) is 0 Å². The summed E-state index contributed by atoms with van der Waals surface area (Å²) >= 11 is 0. The van der Waals surface area contributed by atoms with E-state index in [1.807, 2.05) is 0 Å². The number of hydrogen-bond donors (Lipinski definition) is 2. The summed E-state index contributed by atoms with van der Waals surface area (Å²) < 4.78 is 26.1. The van der Waals surface area contributed by atoms with Crippen LogP contribution in [0.25, 0.3) is 0 Å². The van der Waals surface area contributed by atoms with Crippen LogP contribution in [-0.4, -0.2) is 48.6 Å². The minimum absolute atomic E-state index is 0.0786. The van der Waals surface area contributed by atoms with E-state index in [-0.39, 0.29) is 23.8 Å². The third-order valence-corrected chi connectivity index (χ3v) is 5.55. The maximum absolute atomic E-state index is 12.3. The highest BCUT2D eigenvalue weighted by atomic mass is 32.2. The first-order valence-corrected chi connectivity index (χ1v) is 8.44. The maximum Gasteiger partial charge on any atom is 0.335 e. The molecule has 1 aliphatic heterocycles. The summed E-state index contributed by atoms with van der Waals surface area (Å²) in [6.45, 7) is 1.02. The van der Waals surface area contributed by atoms with E-state index in [4.69, 9.17) is 10.2 Å². The molecule has 0 radical (unpaired) electrons. The SMILES string of the molecule is O=C(O)c1ccc(CS(=O)(=O)N2CCC(CCO)C2)cc1. The van der Waals surface area contributed by atoms with Crippen LogP contribution in [0.3, 0.4) is 0 Å². The normalized spacial score (nSPS) is 19.8. The van der Waals surface area contributed by atoms with Crippen molar-refractivity contribution < 1.29 is 23.4 Å². The van der Waals surface area contributed by atoms with Crippen LogP contribution in [0.15, 0.2) is 24.3 Å². The lowest BCUT2D eigenvalue weighted by atomic mass is 10.1. The zero-order chi connectivity index (χ0) is 15.5. The second kappa shape index (κ2) is 6.55. The first-order valence-electron chi connectivity index (χ1n) is 6.83. The molecule has 1 unspecified atom stereocenters. The third-order valence-electron chi connectivity index (χ3n) is 3.73. The molecule has 0 aromatic heterocycles. The van der Waals surface area contributed by atoms with Crippen LogP contribution in [0.1, 0.15) is 28.8 Å². The Hall–Kier alpha value is -1.44. The van der Waals surface area contributed by atoms with Crippen molar-refractivity contribution in [2.75, 3.05) is 19.7 Å². The largest absolute Gasteiger partial charge is 0.478 e. The molecule has 6 nitrogen and oxygen atoms in total. The first kappa shape index (κ1) is 15.9. The highest BCUT2D eigenvalue weighted by molar-refractivity contribution is 7.88. The summed E-state index contributed by atoms with van der Waals surface area (Å²) in [5.74, 6) is -0.936. The number of carboxylic acids is 1. The number of rotatable bonds is 6. The Morgan fingerprint density at radius 3 is 2.52 bits per heavy atom. The van der Waals surface area contributed by atoms with Crippen molar-refractivity contribution in [3.05, 3.63) is 35.4 Å². The molecular formula is C14H19NO5S. The van der Waals surface area contributed by atoms with Crippen LogP contribution in [0.2, 0.25) is 0 Å². The van der Waals surface area contributed by atoms with Gasteiger partial charge in [-0.25, -0.2) is 17.5 Å². The van der Waals surface area contributed by atoms with Gasteiger partial charge in [-0.1, -0.05) is 12.1 Å². The van der Waals surface area contributed by atoms with E-state index in [1.54, 1.807) is 0 Å². The van der Waals surface area contributed by atoms with E-state index >= 15 is 0 Å². The van der Waals surface area contributed by atoms with Gasteiger partial charge in [-0.2, -0.15) is 0 Å². The van der Waals surface area contributed by atoms with Gasteiger partial charge in [0.25, 0.3) is 0 Å². The second-order valence-corrected chi connectivity index (χ2v) is 7.25. The number of benzene rings is 1. The predicted octanol–water partition coefficient (Wildman–Crippen LogP) is 0.919. The minimum atomic E-state index is -3.39. The van der Waals surface area contributed by atoms with Crippen molar-refractivity contribution in [2.24, 2.45) is 5.92 Å². The Morgan fingerprint density at radius 1 is 1.29 bits per heavy atom. The van der Waals surface area contributed by atoms with Crippen LogP contribution >= 0.6 is 0 Å². The van der Waals surface area contributed by atoms with Gasteiger partial charge in [0.2, 0.25) is 10.0 Å². The van der Waals surface area contributed by atoms with E-state index in [9.17, 15) is 13.2 Å². The number of hydrogen-bond acceptors (Lipinski definition) is 4. The van der Waals surface area contributed by atoms with Gasteiger partial charge in [0, 0.05) is 19.7 Å². The third kappa shape index (κ3) is 4.03. The van der Waals surface area contributed by atoms with E-state index in [2.05, 4.69) is 0 Å². The Bertz CT molecular complexity index is 596. The summed E-state index contributed by atoms with van der Waals surface area (Å²) in [6.07, 6.45) is 1.40. The molecule has 1 fully saturated rings. The Morgan fingerprint density at radius 2 is 1.95 bits per heavy atom. The molecule has 1 aromatic rings. The summed E-state index contributed by atoms with van der Waals surface area (Å²) in [5, 5.41) is 17.7. The average molecular weight is 313 g/mol. The highest BCUT2D eigenvalue weighted by Crippen LogP contribution is 2.23. The number of nitrogens with zero attached hydrogens (tertiary/aromatic N) is 1. The lowest BCUT2D eigenvalue weighted by Crippen LogP contribution is -2.30. The highest BCUT2D eigenvalue weighted by Gasteiger charge is 2.30. The fourth-order valence-electron chi connectivity index (χ4n) is 2.51. The van der Waals surface area contributed by atoms with Crippen molar-refractivity contribution in [1.82, 2.24) is 4.31 Å². The van der Waals surface area contributed by atoms with Crippen LogP contribution in [0.5, 0.6) is 0 Å². The standard InChI is InChI=1S/C14H19NO5S/c16-8-6-11-5-7-15(9-11)21(19,20)10-12-1-3-13(4-2-12)14(17)18/h1-4,11,16H,5-10H2,(H,17,18). The smallest absolute Gasteiger partial charge is 0.335 e. The molecule has 1 saturated heterocycles. The van der Waals surface area contributed by atoms with E-state index in [1.165, 1.54) is 28.6 Å². The Kier molecular flexibility index (Phi) is 4.97. The van der Waals surface area contributed by atoms with Gasteiger partial charge in [-0.3, -0.25) is 0 Å². The summed E-state index contributed by atoms with van der Waals surface area (Å²) in [5.41, 5.74) is 0.714. The molecule has 116 valence electrons. The molecule has 1 atom stereocenters. The molecule has 0 bridgehead atoms. The topological polar surface area (TPSA) is 94.9 Å². The number of aromatic carboxylic acids is 1. The molecule has 2 rings (SSSR count). The summed E-state index contributed by atoms with van der Waals surface area (Å²) in [4.78, 5) is 10.8.